The van der Waals surface area contributed by atoms with Crippen LogP contribution in [0.2, 0.25) is 0 Å². The molecule has 1 heterocycles. The number of carbonyl (C=O) groups is 1. The zero-order valence-corrected chi connectivity index (χ0v) is 13.3. The van der Waals surface area contributed by atoms with Crippen molar-refractivity contribution in [2.45, 2.75) is 20.4 Å². The summed E-state index contributed by atoms with van der Waals surface area (Å²) in [6.07, 6.45) is 3.67. The van der Waals surface area contributed by atoms with Gasteiger partial charge in [0.15, 0.2) is 0 Å². The Balaban J connectivity index is 1.70. The average Bonchev–Trinajstić information content (AvgIpc) is 3.04. The van der Waals surface area contributed by atoms with Gasteiger partial charge in [0.1, 0.15) is 0 Å². The van der Waals surface area contributed by atoms with Crippen LogP contribution in [0.3, 0.4) is 0 Å². The summed E-state index contributed by atoms with van der Waals surface area (Å²) in [4.78, 5) is 12.4. The van der Waals surface area contributed by atoms with Crippen LogP contribution >= 0.6 is 0 Å². The van der Waals surface area contributed by atoms with E-state index in [0.717, 1.165) is 16.8 Å². The van der Waals surface area contributed by atoms with Gasteiger partial charge in [0.05, 0.1) is 6.54 Å². The van der Waals surface area contributed by atoms with Gasteiger partial charge in [0, 0.05) is 23.6 Å². The minimum Gasteiger partial charge on any atom is -0.322 e. The second kappa shape index (κ2) is 6.48. The van der Waals surface area contributed by atoms with Gasteiger partial charge >= 0.3 is 0 Å². The molecule has 0 fully saturated rings. The molecule has 4 heteroatoms. The fourth-order valence-corrected chi connectivity index (χ4v) is 2.49. The molecule has 0 aliphatic carbocycles. The highest BCUT2D eigenvalue weighted by Crippen LogP contribution is 2.17. The molecule has 0 saturated heterocycles. The van der Waals surface area contributed by atoms with E-state index in [4.69, 9.17) is 0 Å². The summed E-state index contributed by atoms with van der Waals surface area (Å²) in [5, 5.41) is 7.14. The smallest absolute Gasteiger partial charge is 0.255 e. The SMILES string of the molecule is Cc1ccc(NC(=O)c2ccc(Cn3cccn3)cc2)c(C)c1. The van der Waals surface area contributed by atoms with Gasteiger partial charge in [-0.2, -0.15) is 5.10 Å². The lowest BCUT2D eigenvalue weighted by Crippen LogP contribution is -2.13. The lowest BCUT2D eigenvalue weighted by Gasteiger charge is -2.10. The van der Waals surface area contributed by atoms with Gasteiger partial charge in [0.2, 0.25) is 0 Å². The number of aryl methyl sites for hydroxylation is 2. The van der Waals surface area contributed by atoms with Crippen molar-refractivity contribution in [1.29, 1.82) is 0 Å². The van der Waals surface area contributed by atoms with Crippen molar-refractivity contribution in [3.63, 3.8) is 0 Å². The summed E-state index contributed by atoms with van der Waals surface area (Å²) in [5.74, 6) is -0.0948. The van der Waals surface area contributed by atoms with E-state index in [1.807, 2.05) is 67.2 Å². The molecular weight excluding hydrogens is 286 g/mol. The number of benzene rings is 2. The second-order valence-corrected chi connectivity index (χ2v) is 5.67. The first-order chi connectivity index (χ1) is 11.1. The van der Waals surface area contributed by atoms with E-state index in [1.54, 1.807) is 6.20 Å². The predicted molar refractivity (Wildman–Crippen MR) is 91.6 cm³/mol. The molecule has 0 saturated carbocycles. The molecule has 0 aliphatic rings. The highest BCUT2D eigenvalue weighted by Gasteiger charge is 2.08. The van der Waals surface area contributed by atoms with Crippen molar-refractivity contribution >= 4 is 11.6 Å². The number of carbonyl (C=O) groups excluding carboxylic acids is 1. The first kappa shape index (κ1) is 15.0. The molecular formula is C19H19N3O. The predicted octanol–water partition coefficient (Wildman–Crippen LogP) is 3.80. The molecule has 0 aliphatic heterocycles. The molecule has 4 nitrogen and oxygen atoms in total. The van der Waals surface area contributed by atoms with Crippen LogP contribution in [-0.2, 0) is 6.54 Å². The van der Waals surface area contributed by atoms with Crippen molar-refractivity contribution < 1.29 is 4.79 Å². The Morgan fingerprint density at radius 3 is 2.57 bits per heavy atom. The van der Waals surface area contributed by atoms with Crippen LogP contribution in [0.4, 0.5) is 5.69 Å². The zero-order valence-electron chi connectivity index (χ0n) is 13.3. The Kier molecular flexibility index (Phi) is 4.24. The molecule has 0 spiro atoms. The van der Waals surface area contributed by atoms with Crippen LogP contribution in [0, 0.1) is 13.8 Å². The number of nitrogens with zero attached hydrogens (tertiary/aromatic N) is 2. The molecule has 116 valence electrons. The van der Waals surface area contributed by atoms with Crippen LogP contribution in [0.15, 0.2) is 60.9 Å². The van der Waals surface area contributed by atoms with Crippen molar-refractivity contribution in [2.75, 3.05) is 5.32 Å². The number of aromatic nitrogens is 2. The standard InChI is InChI=1S/C19H19N3O/c1-14-4-9-18(15(2)12-14)21-19(23)17-7-5-16(6-8-17)13-22-11-3-10-20-22/h3-12H,13H2,1-2H3,(H,21,23). The van der Waals surface area contributed by atoms with E-state index in [1.165, 1.54) is 5.56 Å². The molecule has 1 amide bonds. The van der Waals surface area contributed by atoms with E-state index in [0.29, 0.717) is 12.1 Å². The topological polar surface area (TPSA) is 46.9 Å². The Labute approximate surface area is 135 Å². The summed E-state index contributed by atoms with van der Waals surface area (Å²) < 4.78 is 1.85. The molecule has 0 unspecified atom stereocenters. The Morgan fingerprint density at radius 1 is 1.13 bits per heavy atom. The average molecular weight is 305 g/mol. The minimum atomic E-state index is -0.0948. The fourth-order valence-electron chi connectivity index (χ4n) is 2.49. The van der Waals surface area contributed by atoms with Crippen LogP contribution in [0.5, 0.6) is 0 Å². The van der Waals surface area contributed by atoms with Gasteiger partial charge in [-0.3, -0.25) is 9.48 Å². The largest absolute Gasteiger partial charge is 0.322 e. The minimum absolute atomic E-state index is 0.0948. The normalized spacial score (nSPS) is 10.5. The Morgan fingerprint density at radius 2 is 1.91 bits per heavy atom. The molecule has 0 radical (unpaired) electrons. The summed E-state index contributed by atoms with van der Waals surface area (Å²) in [6.45, 7) is 4.73. The van der Waals surface area contributed by atoms with E-state index in [9.17, 15) is 4.79 Å². The highest BCUT2D eigenvalue weighted by atomic mass is 16.1. The van der Waals surface area contributed by atoms with Gasteiger partial charge < -0.3 is 5.32 Å². The highest BCUT2D eigenvalue weighted by molar-refractivity contribution is 6.04. The van der Waals surface area contributed by atoms with E-state index in [2.05, 4.69) is 16.5 Å². The molecule has 2 aromatic carbocycles. The molecule has 1 aromatic heterocycles. The summed E-state index contributed by atoms with van der Waals surface area (Å²) in [5.41, 5.74) is 4.85. The van der Waals surface area contributed by atoms with Crippen LogP contribution in [-0.4, -0.2) is 15.7 Å². The number of hydrogen-bond acceptors (Lipinski definition) is 2. The summed E-state index contributed by atoms with van der Waals surface area (Å²) in [7, 11) is 0. The van der Waals surface area contributed by atoms with E-state index >= 15 is 0 Å². The maximum atomic E-state index is 12.4. The number of nitrogens with one attached hydrogen (secondary N) is 1. The molecule has 0 bridgehead atoms. The van der Waals surface area contributed by atoms with Gasteiger partial charge in [-0.05, 0) is 49.2 Å². The van der Waals surface area contributed by atoms with Crippen LogP contribution < -0.4 is 5.32 Å². The Hall–Kier alpha value is -2.88. The molecule has 1 N–H and O–H groups in total. The summed E-state index contributed by atoms with van der Waals surface area (Å²) in [6, 6.07) is 15.5. The lowest BCUT2D eigenvalue weighted by molar-refractivity contribution is 0.102. The first-order valence-corrected chi connectivity index (χ1v) is 7.57. The third-order valence-corrected chi connectivity index (χ3v) is 3.75. The van der Waals surface area contributed by atoms with Crippen molar-refractivity contribution in [3.8, 4) is 0 Å². The van der Waals surface area contributed by atoms with Crippen molar-refractivity contribution in [3.05, 3.63) is 83.2 Å². The first-order valence-electron chi connectivity index (χ1n) is 7.57. The summed E-state index contributed by atoms with van der Waals surface area (Å²) >= 11 is 0. The molecule has 0 atom stereocenters. The van der Waals surface area contributed by atoms with Gasteiger partial charge in [0.25, 0.3) is 5.91 Å². The number of hydrogen-bond donors (Lipinski definition) is 1. The Bertz CT molecular complexity index is 805. The molecule has 23 heavy (non-hydrogen) atoms. The van der Waals surface area contributed by atoms with Crippen LogP contribution in [0.1, 0.15) is 27.0 Å². The van der Waals surface area contributed by atoms with Gasteiger partial charge in [-0.15, -0.1) is 0 Å². The maximum Gasteiger partial charge on any atom is 0.255 e. The number of amides is 1. The third-order valence-electron chi connectivity index (χ3n) is 3.75. The number of rotatable bonds is 4. The van der Waals surface area contributed by atoms with Gasteiger partial charge in [-0.25, -0.2) is 0 Å². The van der Waals surface area contributed by atoms with Crippen LogP contribution in [0.25, 0.3) is 0 Å². The maximum absolute atomic E-state index is 12.4. The van der Waals surface area contributed by atoms with Gasteiger partial charge in [-0.1, -0.05) is 29.8 Å². The van der Waals surface area contributed by atoms with E-state index < -0.39 is 0 Å². The fraction of sp³-hybridized carbons (Fsp3) is 0.158. The van der Waals surface area contributed by atoms with Crippen molar-refractivity contribution in [1.82, 2.24) is 9.78 Å². The zero-order chi connectivity index (χ0) is 16.2. The quantitative estimate of drug-likeness (QED) is 0.797. The molecule has 3 rings (SSSR count). The monoisotopic (exact) mass is 305 g/mol. The molecule has 3 aromatic rings. The van der Waals surface area contributed by atoms with Crippen molar-refractivity contribution in [2.24, 2.45) is 0 Å². The second-order valence-electron chi connectivity index (χ2n) is 5.67. The number of anilines is 1. The van der Waals surface area contributed by atoms with E-state index in [-0.39, 0.29) is 5.91 Å². The lowest BCUT2D eigenvalue weighted by atomic mass is 10.1. The third kappa shape index (κ3) is 3.66.